The van der Waals surface area contributed by atoms with Crippen LogP contribution in [0.3, 0.4) is 0 Å². The van der Waals surface area contributed by atoms with E-state index in [2.05, 4.69) is 20.4 Å². The maximum Gasteiger partial charge on any atom is 0.416 e. The van der Waals surface area contributed by atoms with Gasteiger partial charge in [0, 0.05) is 11.3 Å². The summed E-state index contributed by atoms with van der Waals surface area (Å²) >= 11 is 0. The van der Waals surface area contributed by atoms with Crippen LogP contribution in [0.5, 0.6) is 0 Å². The van der Waals surface area contributed by atoms with Gasteiger partial charge in [-0.1, -0.05) is 12.1 Å². The number of H-pyrrole nitrogens is 1. The van der Waals surface area contributed by atoms with Gasteiger partial charge in [0.05, 0.1) is 23.4 Å². The summed E-state index contributed by atoms with van der Waals surface area (Å²) in [6.07, 6.45) is -4.50. The van der Waals surface area contributed by atoms with Gasteiger partial charge >= 0.3 is 12.1 Å². The third kappa shape index (κ3) is 4.24. The van der Waals surface area contributed by atoms with Crippen LogP contribution in [0.2, 0.25) is 0 Å². The van der Waals surface area contributed by atoms with E-state index in [1.165, 1.54) is 12.1 Å². The van der Waals surface area contributed by atoms with E-state index in [-0.39, 0.29) is 35.8 Å². The number of aromatic amines is 1. The van der Waals surface area contributed by atoms with E-state index in [9.17, 15) is 22.8 Å². The lowest BCUT2D eigenvalue weighted by molar-refractivity contribution is -0.137. The average molecular weight is 421 g/mol. The van der Waals surface area contributed by atoms with Gasteiger partial charge in [0.15, 0.2) is 0 Å². The topological polar surface area (TPSA) is 103 Å². The summed E-state index contributed by atoms with van der Waals surface area (Å²) in [6.45, 7) is 4.84. The fraction of sp³-hybridized carbons (Fsp3) is 0.316. The van der Waals surface area contributed by atoms with Crippen molar-refractivity contribution < 1.29 is 27.5 Å². The number of carbonyl (C=O) groups is 2. The van der Waals surface area contributed by atoms with E-state index in [1.54, 1.807) is 20.8 Å². The Morgan fingerprint density at radius 1 is 1.23 bits per heavy atom. The zero-order chi connectivity index (χ0) is 22.1. The third-order valence-corrected chi connectivity index (χ3v) is 4.38. The monoisotopic (exact) mass is 421 g/mol. The van der Waals surface area contributed by atoms with E-state index in [0.29, 0.717) is 11.3 Å². The van der Waals surface area contributed by atoms with Crippen molar-refractivity contribution in [2.45, 2.75) is 33.5 Å². The molecule has 158 valence electrons. The van der Waals surface area contributed by atoms with Gasteiger partial charge in [0.25, 0.3) is 0 Å². The second-order valence-electron chi connectivity index (χ2n) is 6.49. The zero-order valence-corrected chi connectivity index (χ0v) is 16.4. The largest absolute Gasteiger partial charge is 0.462 e. The molecule has 2 heterocycles. The molecule has 0 unspecified atom stereocenters. The number of rotatable bonds is 6. The molecule has 0 saturated heterocycles. The Bertz CT molecular complexity index is 1100. The molecule has 0 aliphatic rings. The van der Waals surface area contributed by atoms with Crippen molar-refractivity contribution in [2.75, 3.05) is 6.61 Å². The lowest BCUT2D eigenvalue weighted by Crippen LogP contribution is -2.15. The smallest absolute Gasteiger partial charge is 0.416 e. The number of aromatic nitrogens is 5. The van der Waals surface area contributed by atoms with Crippen molar-refractivity contribution in [3.8, 4) is 11.4 Å². The fourth-order valence-corrected chi connectivity index (χ4v) is 3.01. The highest BCUT2D eigenvalue weighted by Crippen LogP contribution is 2.31. The number of nitrogens with one attached hydrogen (secondary N) is 1. The lowest BCUT2D eigenvalue weighted by Gasteiger charge is -2.06. The van der Waals surface area contributed by atoms with Crippen LogP contribution in [-0.2, 0) is 17.5 Å². The van der Waals surface area contributed by atoms with Gasteiger partial charge in [-0.2, -0.15) is 18.0 Å². The Balaban J connectivity index is 1.81. The first-order chi connectivity index (χ1) is 14.1. The van der Waals surface area contributed by atoms with Crippen LogP contribution < -0.4 is 0 Å². The normalized spacial score (nSPS) is 11.5. The number of halogens is 3. The number of aryl methyl sites for hydroxylation is 1. The maximum atomic E-state index is 12.9. The van der Waals surface area contributed by atoms with E-state index in [4.69, 9.17) is 4.74 Å². The van der Waals surface area contributed by atoms with Crippen molar-refractivity contribution >= 4 is 11.8 Å². The quantitative estimate of drug-likeness (QED) is 0.484. The first-order valence-electron chi connectivity index (χ1n) is 8.96. The van der Waals surface area contributed by atoms with Crippen LogP contribution in [0.15, 0.2) is 24.3 Å². The summed E-state index contributed by atoms with van der Waals surface area (Å²) in [5, 5.41) is 11.5. The summed E-state index contributed by atoms with van der Waals surface area (Å²) in [7, 11) is 0. The van der Waals surface area contributed by atoms with Gasteiger partial charge in [0.1, 0.15) is 6.54 Å². The van der Waals surface area contributed by atoms with Crippen LogP contribution in [0.4, 0.5) is 13.2 Å². The predicted molar refractivity (Wildman–Crippen MR) is 98.8 cm³/mol. The number of alkyl halides is 3. The molecule has 11 heteroatoms. The number of hydrogen-bond donors (Lipinski definition) is 1. The number of carbonyl (C=O) groups excluding carboxylic acids is 2. The van der Waals surface area contributed by atoms with Gasteiger partial charge in [-0.05, 0) is 43.7 Å². The zero-order valence-electron chi connectivity index (χ0n) is 16.4. The summed E-state index contributed by atoms with van der Waals surface area (Å²) in [4.78, 5) is 28.6. The molecule has 2 aromatic heterocycles. The van der Waals surface area contributed by atoms with E-state index < -0.39 is 23.5 Å². The Morgan fingerprint density at radius 3 is 2.63 bits per heavy atom. The molecule has 0 atom stereocenters. The Morgan fingerprint density at radius 2 is 1.97 bits per heavy atom. The molecular formula is C19H18F3N5O3. The average Bonchev–Trinajstić information content (AvgIpc) is 3.25. The molecule has 0 aliphatic heterocycles. The first kappa shape index (κ1) is 21.2. The van der Waals surface area contributed by atoms with E-state index in [0.717, 1.165) is 16.9 Å². The maximum absolute atomic E-state index is 12.9. The summed E-state index contributed by atoms with van der Waals surface area (Å²) in [5.41, 5.74) is 0.709. The highest BCUT2D eigenvalue weighted by Gasteiger charge is 2.31. The van der Waals surface area contributed by atoms with E-state index >= 15 is 0 Å². The predicted octanol–water partition coefficient (Wildman–Crippen LogP) is 3.36. The van der Waals surface area contributed by atoms with Crippen LogP contribution >= 0.6 is 0 Å². The molecule has 3 aromatic rings. The van der Waals surface area contributed by atoms with E-state index in [1.807, 2.05) is 0 Å². The molecule has 0 amide bonds. The number of ketones is 1. The number of ether oxygens (including phenoxy) is 1. The number of hydrogen-bond acceptors (Lipinski definition) is 6. The first-order valence-corrected chi connectivity index (χ1v) is 8.96. The van der Waals surface area contributed by atoms with Gasteiger partial charge in [-0.15, -0.1) is 10.2 Å². The number of esters is 1. The minimum atomic E-state index is -4.50. The highest BCUT2D eigenvalue weighted by atomic mass is 19.4. The molecular weight excluding hydrogens is 403 g/mol. The summed E-state index contributed by atoms with van der Waals surface area (Å²) in [6, 6.07) is 4.51. The second-order valence-corrected chi connectivity index (χ2v) is 6.49. The fourth-order valence-electron chi connectivity index (χ4n) is 3.01. The molecule has 0 fully saturated rings. The van der Waals surface area contributed by atoms with Crippen molar-refractivity contribution in [3.05, 3.63) is 52.3 Å². The van der Waals surface area contributed by atoms with Crippen LogP contribution in [0.1, 0.15) is 44.6 Å². The number of nitrogens with zero attached hydrogens (tertiary/aromatic N) is 4. The summed E-state index contributed by atoms with van der Waals surface area (Å²) < 4.78 is 43.6. The summed E-state index contributed by atoms with van der Waals surface area (Å²) in [5.74, 6) is -0.992. The molecule has 1 N–H and O–H groups in total. The molecule has 3 rings (SSSR count). The number of Topliss-reactive ketones (excluding diaryl/α,β-unsaturated/α-hetero) is 1. The minimum absolute atomic E-state index is 0.0412. The van der Waals surface area contributed by atoms with Gasteiger partial charge < -0.3 is 9.72 Å². The molecule has 0 saturated carbocycles. The molecule has 0 radical (unpaired) electrons. The SMILES string of the molecule is CCOC(=O)c1c(C)[nH]c(C(=O)Cn2nnc(-c3cccc(C(F)(F)F)c3)n2)c1C. The Kier molecular flexibility index (Phi) is 5.72. The second kappa shape index (κ2) is 8.09. The Labute approximate surface area is 169 Å². The van der Waals surface area contributed by atoms with Crippen LogP contribution in [-0.4, -0.2) is 43.6 Å². The number of tetrazole rings is 1. The van der Waals surface area contributed by atoms with Gasteiger partial charge in [-0.3, -0.25) is 4.79 Å². The third-order valence-electron chi connectivity index (χ3n) is 4.38. The van der Waals surface area contributed by atoms with Gasteiger partial charge in [0.2, 0.25) is 11.6 Å². The van der Waals surface area contributed by atoms with Crippen molar-refractivity contribution in [1.29, 1.82) is 0 Å². The Hall–Kier alpha value is -3.50. The van der Waals surface area contributed by atoms with Gasteiger partial charge in [-0.25, -0.2) is 4.79 Å². The highest BCUT2D eigenvalue weighted by molar-refractivity contribution is 6.01. The standard InChI is InChI=1S/C19H18F3N5O3/c1-4-30-18(29)15-10(2)16(23-11(15)3)14(28)9-27-25-17(24-26-27)12-6-5-7-13(8-12)19(20,21)22/h5-8,23H,4,9H2,1-3H3. The molecule has 1 aromatic carbocycles. The number of benzene rings is 1. The molecule has 30 heavy (non-hydrogen) atoms. The van der Waals surface area contributed by atoms with Crippen molar-refractivity contribution in [1.82, 2.24) is 25.2 Å². The van der Waals surface area contributed by atoms with Crippen LogP contribution in [0, 0.1) is 13.8 Å². The van der Waals surface area contributed by atoms with Crippen molar-refractivity contribution in [2.24, 2.45) is 0 Å². The molecule has 0 aliphatic carbocycles. The molecule has 0 bridgehead atoms. The molecule has 0 spiro atoms. The lowest BCUT2D eigenvalue weighted by atomic mass is 10.1. The molecule has 8 nitrogen and oxygen atoms in total. The van der Waals surface area contributed by atoms with Crippen LogP contribution in [0.25, 0.3) is 11.4 Å². The van der Waals surface area contributed by atoms with Crippen molar-refractivity contribution in [3.63, 3.8) is 0 Å². The minimum Gasteiger partial charge on any atom is -0.462 e.